The number of aryl methyl sites for hydroxylation is 2. The van der Waals surface area contributed by atoms with Crippen LogP contribution in [0.15, 0.2) is 59.2 Å². The van der Waals surface area contributed by atoms with Crippen molar-refractivity contribution in [2.24, 2.45) is 0 Å². The summed E-state index contributed by atoms with van der Waals surface area (Å²) in [6.45, 7) is 4.83. The van der Waals surface area contributed by atoms with Crippen LogP contribution in [-0.2, 0) is 6.54 Å². The maximum atomic E-state index is 5.40. The number of para-hydroxylation sites is 1. The molecule has 2 N–H and O–H groups in total. The zero-order valence-electron chi connectivity index (χ0n) is 14.1. The van der Waals surface area contributed by atoms with Crippen molar-refractivity contribution in [3.63, 3.8) is 0 Å². The highest BCUT2D eigenvalue weighted by Crippen LogP contribution is 2.21. The summed E-state index contributed by atoms with van der Waals surface area (Å²) in [5, 5.41) is 11.4. The van der Waals surface area contributed by atoms with Crippen LogP contribution in [0.5, 0.6) is 0 Å². The molecule has 2 aromatic carbocycles. The summed E-state index contributed by atoms with van der Waals surface area (Å²) in [6.07, 6.45) is 1.94. The Morgan fingerprint density at radius 2 is 1.80 bits per heavy atom. The van der Waals surface area contributed by atoms with Gasteiger partial charge in [-0.15, -0.1) is 0 Å². The summed E-state index contributed by atoms with van der Waals surface area (Å²) < 4.78 is 2.75. The molecule has 1 heterocycles. The molecular formula is C19H19BrN4S. The Bertz CT molecular complexity index is 887. The SMILES string of the molecule is Cc1ccc(Cn2cc(Br)c(NC(=S)Nc3ccccc3C)n2)cc1. The second kappa shape index (κ2) is 7.80. The third-order valence-corrected chi connectivity index (χ3v) is 4.59. The molecule has 3 aromatic rings. The molecule has 3 rings (SSSR count). The van der Waals surface area contributed by atoms with Gasteiger partial charge in [-0.1, -0.05) is 48.0 Å². The second-order valence-electron chi connectivity index (χ2n) is 5.90. The normalized spacial score (nSPS) is 10.5. The van der Waals surface area contributed by atoms with E-state index in [0.717, 1.165) is 15.7 Å². The smallest absolute Gasteiger partial charge is 0.176 e. The van der Waals surface area contributed by atoms with Crippen molar-refractivity contribution in [3.05, 3.63) is 75.9 Å². The molecular weight excluding hydrogens is 396 g/mol. The number of rotatable bonds is 4. The molecule has 0 spiro atoms. The first-order valence-corrected chi connectivity index (χ1v) is 9.13. The van der Waals surface area contributed by atoms with E-state index >= 15 is 0 Å². The minimum absolute atomic E-state index is 0.510. The molecule has 0 atom stereocenters. The van der Waals surface area contributed by atoms with Gasteiger partial charge in [-0.05, 0) is 59.2 Å². The fourth-order valence-electron chi connectivity index (χ4n) is 2.42. The first-order valence-electron chi connectivity index (χ1n) is 7.93. The van der Waals surface area contributed by atoms with Gasteiger partial charge in [-0.25, -0.2) is 0 Å². The Balaban J connectivity index is 1.67. The summed E-state index contributed by atoms with van der Waals surface area (Å²) in [6, 6.07) is 16.4. The summed E-state index contributed by atoms with van der Waals surface area (Å²) >= 11 is 8.94. The molecule has 0 bridgehead atoms. The van der Waals surface area contributed by atoms with E-state index in [2.05, 4.69) is 62.9 Å². The highest BCUT2D eigenvalue weighted by molar-refractivity contribution is 9.10. The number of aromatic nitrogens is 2. The Hall–Kier alpha value is -2.18. The minimum Gasteiger partial charge on any atom is -0.332 e. The van der Waals surface area contributed by atoms with Crippen molar-refractivity contribution >= 4 is 44.8 Å². The van der Waals surface area contributed by atoms with Gasteiger partial charge in [-0.2, -0.15) is 5.10 Å². The predicted molar refractivity (Wildman–Crippen MR) is 111 cm³/mol. The fourth-order valence-corrected chi connectivity index (χ4v) is 3.04. The van der Waals surface area contributed by atoms with Crippen molar-refractivity contribution in [1.82, 2.24) is 9.78 Å². The zero-order chi connectivity index (χ0) is 17.8. The van der Waals surface area contributed by atoms with Gasteiger partial charge < -0.3 is 10.6 Å². The van der Waals surface area contributed by atoms with Crippen LogP contribution in [0, 0.1) is 13.8 Å². The number of hydrogen-bond donors (Lipinski definition) is 2. The molecule has 0 amide bonds. The molecule has 0 aliphatic rings. The van der Waals surface area contributed by atoms with E-state index in [1.165, 1.54) is 11.1 Å². The Kier molecular flexibility index (Phi) is 5.50. The number of hydrogen-bond acceptors (Lipinski definition) is 2. The molecule has 0 fully saturated rings. The van der Waals surface area contributed by atoms with Crippen LogP contribution < -0.4 is 10.6 Å². The molecule has 0 aliphatic carbocycles. The summed E-state index contributed by atoms with van der Waals surface area (Å²) in [7, 11) is 0. The van der Waals surface area contributed by atoms with E-state index in [1.54, 1.807) is 0 Å². The maximum absolute atomic E-state index is 5.40. The largest absolute Gasteiger partial charge is 0.332 e. The summed E-state index contributed by atoms with van der Waals surface area (Å²) in [5.41, 5.74) is 4.57. The van der Waals surface area contributed by atoms with Gasteiger partial charge >= 0.3 is 0 Å². The monoisotopic (exact) mass is 414 g/mol. The van der Waals surface area contributed by atoms with E-state index in [-0.39, 0.29) is 0 Å². The minimum atomic E-state index is 0.510. The van der Waals surface area contributed by atoms with Gasteiger partial charge in [0.25, 0.3) is 0 Å². The number of nitrogens with zero attached hydrogens (tertiary/aromatic N) is 2. The van der Waals surface area contributed by atoms with Crippen molar-refractivity contribution in [2.75, 3.05) is 10.6 Å². The van der Waals surface area contributed by atoms with E-state index in [9.17, 15) is 0 Å². The van der Waals surface area contributed by atoms with E-state index in [4.69, 9.17) is 12.2 Å². The van der Waals surface area contributed by atoms with Gasteiger partial charge in [0, 0.05) is 11.9 Å². The predicted octanol–water partition coefficient (Wildman–Crippen LogP) is 5.12. The Morgan fingerprint density at radius 3 is 2.52 bits per heavy atom. The number of benzene rings is 2. The Morgan fingerprint density at radius 1 is 1.08 bits per heavy atom. The quantitative estimate of drug-likeness (QED) is 0.581. The average Bonchev–Trinajstić information content (AvgIpc) is 2.91. The fraction of sp³-hybridized carbons (Fsp3) is 0.158. The highest BCUT2D eigenvalue weighted by Gasteiger charge is 2.09. The number of thiocarbonyl (C=S) groups is 1. The summed E-state index contributed by atoms with van der Waals surface area (Å²) in [4.78, 5) is 0. The Labute approximate surface area is 161 Å². The van der Waals surface area contributed by atoms with Crippen molar-refractivity contribution < 1.29 is 0 Å². The maximum Gasteiger partial charge on any atom is 0.176 e. The molecule has 4 nitrogen and oxygen atoms in total. The molecule has 0 saturated carbocycles. The third-order valence-electron chi connectivity index (χ3n) is 3.81. The molecule has 6 heteroatoms. The van der Waals surface area contributed by atoms with Gasteiger partial charge in [-0.3, -0.25) is 4.68 Å². The topological polar surface area (TPSA) is 41.9 Å². The molecule has 1 aromatic heterocycles. The first kappa shape index (κ1) is 17.6. The van der Waals surface area contributed by atoms with Crippen LogP contribution in [0.2, 0.25) is 0 Å². The lowest BCUT2D eigenvalue weighted by Crippen LogP contribution is -2.20. The summed E-state index contributed by atoms with van der Waals surface area (Å²) in [5.74, 6) is 0.693. The first-order chi connectivity index (χ1) is 12.0. The lowest BCUT2D eigenvalue weighted by atomic mass is 10.1. The zero-order valence-corrected chi connectivity index (χ0v) is 16.5. The number of anilines is 2. The van der Waals surface area contributed by atoms with Crippen LogP contribution in [0.3, 0.4) is 0 Å². The van der Waals surface area contributed by atoms with Crippen molar-refractivity contribution in [2.45, 2.75) is 20.4 Å². The van der Waals surface area contributed by atoms with Crippen LogP contribution in [0.25, 0.3) is 0 Å². The third kappa shape index (κ3) is 4.67. The van der Waals surface area contributed by atoms with E-state index < -0.39 is 0 Å². The van der Waals surface area contributed by atoms with Gasteiger partial charge in [0.05, 0.1) is 11.0 Å². The van der Waals surface area contributed by atoms with Gasteiger partial charge in [0.15, 0.2) is 10.9 Å². The highest BCUT2D eigenvalue weighted by atomic mass is 79.9. The number of halogens is 1. The lowest BCUT2D eigenvalue weighted by molar-refractivity contribution is 0.689. The van der Waals surface area contributed by atoms with Crippen LogP contribution in [-0.4, -0.2) is 14.9 Å². The molecule has 0 saturated heterocycles. The number of nitrogens with one attached hydrogen (secondary N) is 2. The van der Waals surface area contributed by atoms with Gasteiger partial charge in [0.2, 0.25) is 0 Å². The van der Waals surface area contributed by atoms with Crippen LogP contribution in [0.1, 0.15) is 16.7 Å². The molecule has 0 unspecified atom stereocenters. The average molecular weight is 415 g/mol. The van der Waals surface area contributed by atoms with Crippen molar-refractivity contribution in [3.8, 4) is 0 Å². The van der Waals surface area contributed by atoms with E-state index in [0.29, 0.717) is 17.5 Å². The molecule has 0 aliphatic heterocycles. The van der Waals surface area contributed by atoms with Crippen molar-refractivity contribution in [1.29, 1.82) is 0 Å². The standard InChI is InChI=1S/C19H19BrN4S/c1-13-7-9-15(10-8-13)11-24-12-16(20)18(23-24)22-19(25)21-17-6-4-3-5-14(17)2/h3-10,12H,11H2,1-2H3,(H2,21,22,23,25). The van der Waals surface area contributed by atoms with Gasteiger partial charge in [0.1, 0.15) is 0 Å². The van der Waals surface area contributed by atoms with Crippen LogP contribution >= 0.6 is 28.1 Å². The second-order valence-corrected chi connectivity index (χ2v) is 7.17. The van der Waals surface area contributed by atoms with Crippen LogP contribution in [0.4, 0.5) is 11.5 Å². The molecule has 25 heavy (non-hydrogen) atoms. The molecule has 0 radical (unpaired) electrons. The lowest BCUT2D eigenvalue weighted by Gasteiger charge is -2.11. The molecule has 128 valence electrons. The van der Waals surface area contributed by atoms with E-state index in [1.807, 2.05) is 42.1 Å².